The molecule has 4 aromatic rings. The van der Waals surface area contributed by atoms with Crippen molar-refractivity contribution in [3.8, 4) is 11.3 Å². The van der Waals surface area contributed by atoms with E-state index in [2.05, 4.69) is 5.10 Å². The number of aromatic nitrogens is 2. The van der Waals surface area contributed by atoms with Crippen LogP contribution in [0.2, 0.25) is 0 Å². The Hall–Kier alpha value is -3.12. The Balaban J connectivity index is 1.98. The van der Waals surface area contributed by atoms with Crippen molar-refractivity contribution in [1.29, 1.82) is 0 Å². The number of benzene rings is 3. The summed E-state index contributed by atoms with van der Waals surface area (Å²) in [5.41, 5.74) is 9.38. The van der Waals surface area contributed by atoms with Gasteiger partial charge in [-0.15, -0.1) is 0 Å². The normalized spacial score (nSPS) is 11.7. The molecule has 0 aliphatic rings. The highest BCUT2D eigenvalue weighted by molar-refractivity contribution is 7.90. The summed E-state index contributed by atoms with van der Waals surface area (Å²) in [5.74, 6) is 0. The van der Waals surface area contributed by atoms with E-state index in [1.54, 1.807) is 48.5 Å². The largest absolute Gasteiger partial charge is 0.399 e. The van der Waals surface area contributed by atoms with Gasteiger partial charge in [-0.05, 0) is 37.3 Å². The molecule has 26 heavy (non-hydrogen) atoms. The molecular formula is C20H17N3O2S. The molecule has 0 saturated carbocycles. The maximum atomic E-state index is 13.1. The number of nitrogens with two attached hydrogens (primary N) is 1. The molecule has 1 aromatic heterocycles. The fourth-order valence-corrected chi connectivity index (χ4v) is 4.22. The predicted octanol–water partition coefficient (Wildman–Crippen LogP) is 3.83. The van der Waals surface area contributed by atoms with Crippen LogP contribution in [0.1, 0.15) is 5.56 Å². The number of hydrogen-bond acceptors (Lipinski definition) is 4. The first kappa shape index (κ1) is 16.4. The number of hydrogen-bond donors (Lipinski definition) is 1. The van der Waals surface area contributed by atoms with Gasteiger partial charge < -0.3 is 5.73 Å². The number of nitrogens with zero attached hydrogens (tertiary/aromatic N) is 2. The van der Waals surface area contributed by atoms with Gasteiger partial charge in [-0.2, -0.15) is 17.6 Å². The van der Waals surface area contributed by atoms with Gasteiger partial charge in [-0.1, -0.05) is 48.0 Å². The second-order valence-corrected chi connectivity index (χ2v) is 7.92. The predicted molar refractivity (Wildman–Crippen MR) is 103 cm³/mol. The van der Waals surface area contributed by atoms with Crippen molar-refractivity contribution in [3.05, 3.63) is 78.4 Å². The molecule has 3 aromatic carbocycles. The van der Waals surface area contributed by atoms with Crippen LogP contribution < -0.4 is 5.73 Å². The van der Waals surface area contributed by atoms with E-state index < -0.39 is 10.0 Å². The fraction of sp³-hybridized carbons (Fsp3) is 0.0500. The Bertz CT molecular complexity index is 1210. The van der Waals surface area contributed by atoms with E-state index in [4.69, 9.17) is 5.73 Å². The third-order valence-electron chi connectivity index (χ3n) is 4.26. The van der Waals surface area contributed by atoms with Crippen LogP contribution in [0.3, 0.4) is 0 Å². The topological polar surface area (TPSA) is 78.0 Å². The van der Waals surface area contributed by atoms with Gasteiger partial charge in [0.25, 0.3) is 10.0 Å². The number of anilines is 1. The zero-order valence-electron chi connectivity index (χ0n) is 14.1. The van der Waals surface area contributed by atoms with E-state index in [1.165, 1.54) is 0 Å². The molecule has 0 fully saturated rings. The fourth-order valence-electron chi connectivity index (χ4n) is 2.93. The summed E-state index contributed by atoms with van der Waals surface area (Å²) in [4.78, 5) is 0.204. The molecule has 0 aliphatic heterocycles. The van der Waals surface area contributed by atoms with E-state index in [9.17, 15) is 8.42 Å². The molecule has 0 saturated heterocycles. The van der Waals surface area contributed by atoms with E-state index >= 15 is 0 Å². The first-order chi connectivity index (χ1) is 12.5. The van der Waals surface area contributed by atoms with Crippen LogP contribution in [0.25, 0.3) is 22.2 Å². The molecule has 1 heterocycles. The summed E-state index contributed by atoms with van der Waals surface area (Å²) < 4.78 is 27.4. The van der Waals surface area contributed by atoms with Gasteiger partial charge >= 0.3 is 0 Å². The lowest BCUT2D eigenvalue weighted by atomic mass is 10.1. The molecule has 0 radical (unpaired) electrons. The Morgan fingerprint density at radius 3 is 2.38 bits per heavy atom. The van der Waals surface area contributed by atoms with Gasteiger partial charge in [0.15, 0.2) is 0 Å². The molecule has 6 heteroatoms. The van der Waals surface area contributed by atoms with Crippen molar-refractivity contribution in [3.63, 3.8) is 0 Å². The van der Waals surface area contributed by atoms with Crippen LogP contribution in [0.5, 0.6) is 0 Å². The van der Waals surface area contributed by atoms with E-state index in [0.717, 1.165) is 20.6 Å². The molecule has 0 unspecified atom stereocenters. The quantitative estimate of drug-likeness (QED) is 0.561. The third kappa shape index (κ3) is 2.64. The highest BCUT2D eigenvalue weighted by Gasteiger charge is 2.23. The minimum Gasteiger partial charge on any atom is -0.399 e. The molecule has 0 bridgehead atoms. The molecule has 2 N–H and O–H groups in total. The molecule has 0 aliphatic carbocycles. The van der Waals surface area contributed by atoms with E-state index in [1.807, 2.05) is 31.2 Å². The highest BCUT2D eigenvalue weighted by Crippen LogP contribution is 2.31. The SMILES string of the molecule is Cc1ccc(S(=O)(=O)n2nc(-c3cccc(N)c3)c3ccccc32)cc1. The van der Waals surface area contributed by atoms with E-state index in [0.29, 0.717) is 16.9 Å². The second kappa shape index (κ2) is 6.00. The molecule has 130 valence electrons. The first-order valence-corrected chi connectivity index (χ1v) is 9.57. The summed E-state index contributed by atoms with van der Waals surface area (Å²) in [6, 6.07) is 21.3. The second-order valence-electron chi connectivity index (χ2n) is 6.15. The summed E-state index contributed by atoms with van der Waals surface area (Å²) in [5, 5.41) is 5.20. The molecule has 0 atom stereocenters. The molecular weight excluding hydrogens is 346 g/mol. The van der Waals surface area contributed by atoms with Crippen LogP contribution in [0, 0.1) is 6.92 Å². The minimum atomic E-state index is -3.81. The third-order valence-corrected chi connectivity index (χ3v) is 5.86. The van der Waals surface area contributed by atoms with Crippen molar-refractivity contribution in [2.75, 3.05) is 5.73 Å². The lowest BCUT2D eigenvalue weighted by Crippen LogP contribution is -2.14. The maximum absolute atomic E-state index is 13.1. The summed E-state index contributed by atoms with van der Waals surface area (Å²) in [6.07, 6.45) is 0. The van der Waals surface area contributed by atoms with Gasteiger partial charge in [0.05, 0.1) is 10.4 Å². The lowest BCUT2D eigenvalue weighted by Gasteiger charge is -2.06. The smallest absolute Gasteiger partial charge is 0.283 e. The van der Waals surface area contributed by atoms with Crippen molar-refractivity contribution in [2.45, 2.75) is 11.8 Å². The van der Waals surface area contributed by atoms with Crippen LogP contribution in [-0.2, 0) is 10.0 Å². The number of nitrogen functional groups attached to an aromatic ring is 1. The summed E-state index contributed by atoms with van der Waals surface area (Å²) in [7, 11) is -3.81. The average Bonchev–Trinajstić information content (AvgIpc) is 3.03. The van der Waals surface area contributed by atoms with Crippen molar-refractivity contribution in [2.24, 2.45) is 0 Å². The molecule has 0 spiro atoms. The number of para-hydroxylation sites is 1. The Morgan fingerprint density at radius 2 is 1.65 bits per heavy atom. The maximum Gasteiger partial charge on any atom is 0.283 e. The summed E-state index contributed by atoms with van der Waals surface area (Å²) in [6.45, 7) is 1.91. The van der Waals surface area contributed by atoms with E-state index in [-0.39, 0.29) is 4.90 Å². The van der Waals surface area contributed by atoms with Crippen LogP contribution >= 0.6 is 0 Å². The minimum absolute atomic E-state index is 0.204. The van der Waals surface area contributed by atoms with Gasteiger partial charge in [0.1, 0.15) is 5.69 Å². The highest BCUT2D eigenvalue weighted by atomic mass is 32.2. The Morgan fingerprint density at radius 1 is 0.923 bits per heavy atom. The Kier molecular flexibility index (Phi) is 3.77. The zero-order chi connectivity index (χ0) is 18.3. The van der Waals surface area contributed by atoms with Crippen molar-refractivity contribution in [1.82, 2.24) is 9.19 Å². The zero-order valence-corrected chi connectivity index (χ0v) is 14.9. The molecule has 0 amide bonds. The van der Waals surface area contributed by atoms with Gasteiger partial charge in [0, 0.05) is 16.6 Å². The average molecular weight is 363 g/mol. The molecule has 4 rings (SSSR count). The Labute approximate surface area is 151 Å². The van der Waals surface area contributed by atoms with Gasteiger partial charge in [-0.25, -0.2) is 0 Å². The lowest BCUT2D eigenvalue weighted by molar-refractivity contribution is 0.582. The van der Waals surface area contributed by atoms with Crippen LogP contribution in [0.4, 0.5) is 5.69 Å². The van der Waals surface area contributed by atoms with Crippen LogP contribution in [-0.4, -0.2) is 17.6 Å². The number of aryl methyl sites for hydroxylation is 1. The standard InChI is InChI=1S/C20H17N3O2S/c1-14-9-11-17(12-10-14)26(24,25)23-19-8-3-2-7-18(19)20(22-23)15-5-4-6-16(21)13-15/h2-13H,21H2,1H3. The number of rotatable bonds is 3. The monoisotopic (exact) mass is 363 g/mol. The van der Waals surface area contributed by atoms with Gasteiger partial charge in [0.2, 0.25) is 0 Å². The van der Waals surface area contributed by atoms with Crippen LogP contribution in [0.15, 0.2) is 77.7 Å². The molecule has 5 nitrogen and oxygen atoms in total. The first-order valence-electron chi connectivity index (χ1n) is 8.13. The number of fused-ring (bicyclic) bond motifs is 1. The summed E-state index contributed by atoms with van der Waals surface area (Å²) >= 11 is 0. The van der Waals surface area contributed by atoms with Gasteiger partial charge in [-0.3, -0.25) is 0 Å². The van der Waals surface area contributed by atoms with Crippen molar-refractivity contribution >= 4 is 26.6 Å². The van der Waals surface area contributed by atoms with Crippen molar-refractivity contribution < 1.29 is 8.42 Å².